The molecule has 4 rings (SSSR count). The molecule has 1 aliphatic heterocycles. The van der Waals surface area contributed by atoms with Crippen LogP contribution in [-0.4, -0.2) is 36.4 Å². The van der Waals surface area contributed by atoms with E-state index in [-0.39, 0.29) is 18.7 Å². The first-order valence-corrected chi connectivity index (χ1v) is 11.6. The van der Waals surface area contributed by atoms with Gasteiger partial charge in [-0.1, -0.05) is 60.2 Å². The third-order valence-corrected chi connectivity index (χ3v) is 6.14. The second kappa shape index (κ2) is 10.7. The monoisotopic (exact) mass is 464 g/mol. The molecule has 0 aliphatic carbocycles. The summed E-state index contributed by atoms with van der Waals surface area (Å²) >= 11 is 0. The fourth-order valence-electron chi connectivity index (χ4n) is 4.06. The Kier molecular flexibility index (Phi) is 7.53. The molecule has 2 N–H and O–H groups in total. The van der Waals surface area contributed by atoms with Crippen molar-refractivity contribution >= 4 is 17.4 Å². The van der Waals surface area contributed by atoms with Gasteiger partial charge in [0.2, 0.25) is 5.91 Å². The van der Waals surface area contributed by atoms with Gasteiger partial charge in [-0.3, -0.25) is 4.79 Å². The molecule has 0 spiro atoms. The number of nitrogens with zero attached hydrogens (tertiary/aromatic N) is 2. The number of pyridine rings is 1. The van der Waals surface area contributed by atoms with Crippen molar-refractivity contribution in [1.29, 1.82) is 0 Å². The number of anilines is 2. The van der Waals surface area contributed by atoms with E-state index in [0.717, 1.165) is 17.7 Å². The van der Waals surface area contributed by atoms with Crippen LogP contribution in [0, 0.1) is 6.92 Å². The van der Waals surface area contributed by atoms with Crippen molar-refractivity contribution in [3.05, 3.63) is 89.6 Å². The molecule has 3 aromatic rings. The number of rotatable bonds is 8. The van der Waals surface area contributed by atoms with Gasteiger partial charge in [-0.2, -0.15) is 0 Å². The van der Waals surface area contributed by atoms with E-state index in [0.29, 0.717) is 25.5 Å². The summed E-state index contributed by atoms with van der Waals surface area (Å²) < 4.78 is 26.8. The van der Waals surface area contributed by atoms with E-state index in [9.17, 15) is 13.6 Å². The maximum Gasteiger partial charge on any atom is 0.251 e. The SMILES string of the molecule is Cc1ccc(CCN[C@H](C(=O)Nc2ccc(N3CCC(F)(F)CC3)cn2)c2ccccc2)cc1. The van der Waals surface area contributed by atoms with Crippen LogP contribution >= 0.6 is 0 Å². The van der Waals surface area contributed by atoms with Gasteiger partial charge in [0.05, 0.1) is 11.9 Å². The minimum Gasteiger partial charge on any atom is -0.370 e. The zero-order valence-corrected chi connectivity index (χ0v) is 19.3. The zero-order valence-electron chi connectivity index (χ0n) is 19.3. The maximum atomic E-state index is 13.4. The minimum atomic E-state index is -2.59. The Hall–Kier alpha value is -3.32. The molecule has 2 aromatic carbocycles. The standard InChI is InChI=1S/C27H30F2N4O/c1-20-7-9-21(10-8-20)13-16-30-25(22-5-3-2-4-6-22)26(34)32-24-12-11-23(19-31-24)33-17-14-27(28,29)15-18-33/h2-12,19,25,30H,13-18H2,1H3,(H,31,32,34)/t25-/m0/s1. The van der Waals surface area contributed by atoms with Crippen LogP contribution in [0.1, 0.15) is 35.6 Å². The Morgan fingerprint density at radius 3 is 2.38 bits per heavy atom. The highest BCUT2D eigenvalue weighted by Crippen LogP contribution is 2.30. The first-order chi connectivity index (χ1) is 16.4. The van der Waals surface area contributed by atoms with Gasteiger partial charge < -0.3 is 15.5 Å². The third kappa shape index (κ3) is 6.38. The van der Waals surface area contributed by atoms with Crippen molar-refractivity contribution in [3.8, 4) is 0 Å². The lowest BCUT2D eigenvalue weighted by molar-refractivity contribution is -0.118. The largest absolute Gasteiger partial charge is 0.370 e. The summed E-state index contributed by atoms with van der Waals surface area (Å²) in [5, 5.41) is 6.26. The highest BCUT2D eigenvalue weighted by Gasteiger charge is 2.34. The van der Waals surface area contributed by atoms with Crippen molar-refractivity contribution in [2.24, 2.45) is 0 Å². The van der Waals surface area contributed by atoms with Crippen molar-refractivity contribution in [1.82, 2.24) is 10.3 Å². The number of piperidine rings is 1. The molecule has 34 heavy (non-hydrogen) atoms. The number of benzene rings is 2. The molecule has 5 nitrogen and oxygen atoms in total. The number of halogens is 2. The lowest BCUT2D eigenvalue weighted by Gasteiger charge is -2.33. The topological polar surface area (TPSA) is 57.3 Å². The average molecular weight is 465 g/mol. The number of hydrogen-bond acceptors (Lipinski definition) is 4. The summed E-state index contributed by atoms with van der Waals surface area (Å²) in [5.74, 6) is -2.36. The van der Waals surface area contributed by atoms with Gasteiger partial charge in [0, 0.05) is 32.5 Å². The lowest BCUT2D eigenvalue weighted by atomic mass is 10.1. The van der Waals surface area contributed by atoms with Crippen LogP contribution in [-0.2, 0) is 11.2 Å². The number of aromatic nitrogens is 1. The Labute approximate surface area is 199 Å². The molecule has 0 saturated carbocycles. The average Bonchev–Trinajstić information content (AvgIpc) is 2.84. The molecule has 7 heteroatoms. The molecule has 1 fully saturated rings. The van der Waals surface area contributed by atoms with Gasteiger partial charge >= 0.3 is 0 Å². The number of alkyl halides is 2. The summed E-state index contributed by atoms with van der Waals surface area (Å²) in [5.41, 5.74) is 4.08. The molecular formula is C27H30F2N4O. The van der Waals surface area contributed by atoms with Crippen LogP contribution in [0.15, 0.2) is 72.9 Å². The predicted octanol–water partition coefficient (Wildman–Crippen LogP) is 5.14. The second-order valence-electron chi connectivity index (χ2n) is 8.77. The number of hydrogen-bond donors (Lipinski definition) is 2. The van der Waals surface area contributed by atoms with E-state index in [2.05, 4.69) is 46.8 Å². The molecular weight excluding hydrogens is 434 g/mol. The van der Waals surface area contributed by atoms with Gasteiger partial charge in [-0.05, 0) is 36.6 Å². The summed E-state index contributed by atoms with van der Waals surface area (Å²) in [7, 11) is 0. The fraction of sp³-hybridized carbons (Fsp3) is 0.333. The number of carbonyl (C=O) groups excluding carboxylic acids is 1. The molecule has 1 amide bonds. The summed E-state index contributed by atoms with van der Waals surface area (Å²) in [6.45, 7) is 3.29. The molecule has 1 saturated heterocycles. The van der Waals surface area contributed by atoms with Gasteiger partial charge in [0.25, 0.3) is 5.92 Å². The van der Waals surface area contributed by atoms with Crippen molar-refractivity contribution in [2.45, 2.75) is 38.2 Å². The first kappa shape index (κ1) is 23.8. The Balaban J connectivity index is 1.38. The lowest BCUT2D eigenvalue weighted by Crippen LogP contribution is -2.39. The predicted molar refractivity (Wildman–Crippen MR) is 131 cm³/mol. The van der Waals surface area contributed by atoms with Gasteiger partial charge in [-0.25, -0.2) is 13.8 Å². The molecule has 1 atom stereocenters. The van der Waals surface area contributed by atoms with Crippen molar-refractivity contribution in [3.63, 3.8) is 0 Å². The maximum absolute atomic E-state index is 13.4. The highest BCUT2D eigenvalue weighted by atomic mass is 19.3. The minimum absolute atomic E-state index is 0.154. The Morgan fingerprint density at radius 1 is 1.03 bits per heavy atom. The molecule has 1 aliphatic rings. The van der Waals surface area contributed by atoms with E-state index < -0.39 is 12.0 Å². The fourth-order valence-corrected chi connectivity index (χ4v) is 4.06. The molecule has 0 radical (unpaired) electrons. The summed E-state index contributed by atoms with van der Waals surface area (Å²) in [6.07, 6.45) is 2.12. The van der Waals surface area contributed by atoms with Crippen LogP contribution in [0.2, 0.25) is 0 Å². The highest BCUT2D eigenvalue weighted by molar-refractivity contribution is 5.94. The first-order valence-electron chi connectivity index (χ1n) is 11.6. The number of nitrogens with one attached hydrogen (secondary N) is 2. The van der Waals surface area contributed by atoms with E-state index in [1.54, 1.807) is 12.3 Å². The van der Waals surface area contributed by atoms with Crippen LogP contribution < -0.4 is 15.5 Å². The second-order valence-corrected chi connectivity index (χ2v) is 8.77. The zero-order chi connectivity index (χ0) is 24.0. The Morgan fingerprint density at radius 2 is 1.74 bits per heavy atom. The van der Waals surface area contributed by atoms with Gasteiger partial charge in [0.15, 0.2) is 0 Å². The van der Waals surface area contributed by atoms with Crippen LogP contribution in [0.25, 0.3) is 0 Å². The molecule has 0 unspecified atom stereocenters. The number of carbonyl (C=O) groups is 1. The summed E-state index contributed by atoms with van der Waals surface area (Å²) in [4.78, 5) is 19.4. The van der Waals surface area contributed by atoms with Crippen LogP contribution in [0.3, 0.4) is 0 Å². The molecule has 178 valence electrons. The number of aryl methyl sites for hydroxylation is 1. The van der Waals surface area contributed by atoms with E-state index in [1.807, 2.05) is 41.3 Å². The molecule has 2 heterocycles. The third-order valence-electron chi connectivity index (χ3n) is 6.14. The summed E-state index contributed by atoms with van der Waals surface area (Å²) in [6, 6.07) is 21.0. The molecule has 1 aromatic heterocycles. The van der Waals surface area contributed by atoms with Crippen molar-refractivity contribution in [2.75, 3.05) is 29.9 Å². The molecule has 0 bridgehead atoms. The van der Waals surface area contributed by atoms with Crippen LogP contribution in [0.4, 0.5) is 20.3 Å². The van der Waals surface area contributed by atoms with E-state index in [4.69, 9.17) is 0 Å². The van der Waals surface area contributed by atoms with E-state index in [1.165, 1.54) is 11.1 Å². The smallest absolute Gasteiger partial charge is 0.251 e. The normalized spacial score (nSPS) is 16.1. The van der Waals surface area contributed by atoms with Gasteiger partial charge in [0.1, 0.15) is 11.9 Å². The van der Waals surface area contributed by atoms with Gasteiger partial charge in [-0.15, -0.1) is 0 Å². The Bertz CT molecular complexity index is 1060. The quantitative estimate of drug-likeness (QED) is 0.485. The van der Waals surface area contributed by atoms with Crippen molar-refractivity contribution < 1.29 is 13.6 Å². The van der Waals surface area contributed by atoms with E-state index >= 15 is 0 Å². The number of amides is 1. The van der Waals surface area contributed by atoms with Crippen LogP contribution in [0.5, 0.6) is 0 Å².